The predicted octanol–water partition coefficient (Wildman–Crippen LogP) is 2.26. The third-order valence-corrected chi connectivity index (χ3v) is 4.61. The third kappa shape index (κ3) is 3.92. The number of anilines is 2. The Labute approximate surface area is 165 Å². The first-order chi connectivity index (χ1) is 14.1. The molecule has 1 aromatic heterocycles. The molecule has 148 valence electrons. The van der Waals surface area contributed by atoms with E-state index in [-0.39, 0.29) is 11.3 Å². The molecule has 1 amide bonds. The van der Waals surface area contributed by atoms with Gasteiger partial charge in [0, 0.05) is 25.2 Å². The summed E-state index contributed by atoms with van der Waals surface area (Å²) in [6, 6.07) is 11.5. The van der Waals surface area contributed by atoms with Gasteiger partial charge in [-0.1, -0.05) is 12.1 Å². The number of aromatic nitrogens is 3. The number of carbonyl (C=O) groups excluding carboxylic acids is 1. The van der Waals surface area contributed by atoms with Gasteiger partial charge in [0.2, 0.25) is 0 Å². The molecular formula is C19H18N6O4. The molecule has 0 spiro atoms. The number of nitro benzene ring substituents is 1. The molecule has 10 heteroatoms. The lowest BCUT2D eigenvalue weighted by atomic mass is 10.1. The Morgan fingerprint density at radius 3 is 2.66 bits per heavy atom. The molecule has 0 atom stereocenters. The van der Waals surface area contributed by atoms with Gasteiger partial charge in [-0.25, -0.2) is 9.67 Å². The van der Waals surface area contributed by atoms with Crippen molar-refractivity contribution < 1.29 is 14.5 Å². The number of nitrogens with zero attached hydrogens (tertiary/aromatic N) is 5. The standard InChI is InChI=1S/C19H18N6O4/c26-19(22-16-3-1-2-4-18(16)24-13-20-12-21-24)15-11-14(25(27)28)5-6-17(15)23-7-9-29-10-8-23/h1-6,11-13H,7-10H2,(H,22,26). The topological polar surface area (TPSA) is 115 Å². The molecule has 0 bridgehead atoms. The molecule has 2 aromatic carbocycles. The van der Waals surface area contributed by atoms with Crippen LogP contribution in [0.4, 0.5) is 17.1 Å². The van der Waals surface area contributed by atoms with Gasteiger partial charge in [0.25, 0.3) is 11.6 Å². The number of nitrogens with one attached hydrogen (secondary N) is 1. The first kappa shape index (κ1) is 18.6. The lowest BCUT2D eigenvalue weighted by Crippen LogP contribution is -2.37. The van der Waals surface area contributed by atoms with E-state index in [0.29, 0.717) is 43.4 Å². The number of para-hydroxylation sites is 2. The van der Waals surface area contributed by atoms with E-state index in [9.17, 15) is 14.9 Å². The molecule has 0 aliphatic carbocycles. The summed E-state index contributed by atoms with van der Waals surface area (Å²) in [6.07, 6.45) is 2.92. The van der Waals surface area contributed by atoms with Crippen molar-refractivity contribution in [2.45, 2.75) is 0 Å². The van der Waals surface area contributed by atoms with Crippen molar-refractivity contribution in [2.75, 3.05) is 36.5 Å². The molecule has 2 heterocycles. The number of rotatable bonds is 5. The van der Waals surface area contributed by atoms with E-state index in [0.717, 1.165) is 0 Å². The summed E-state index contributed by atoms with van der Waals surface area (Å²) in [6.45, 7) is 2.28. The van der Waals surface area contributed by atoms with Gasteiger partial charge in [0.15, 0.2) is 0 Å². The number of hydrogen-bond acceptors (Lipinski definition) is 7. The molecular weight excluding hydrogens is 376 g/mol. The van der Waals surface area contributed by atoms with Gasteiger partial charge in [-0.05, 0) is 18.2 Å². The minimum absolute atomic E-state index is 0.142. The molecule has 1 saturated heterocycles. The Kier molecular flexibility index (Phi) is 5.16. The highest BCUT2D eigenvalue weighted by molar-refractivity contribution is 6.09. The maximum atomic E-state index is 13.1. The Morgan fingerprint density at radius 1 is 1.14 bits per heavy atom. The van der Waals surface area contributed by atoms with E-state index >= 15 is 0 Å². The number of amides is 1. The van der Waals surface area contributed by atoms with Crippen LogP contribution in [0.1, 0.15) is 10.4 Å². The van der Waals surface area contributed by atoms with Crippen molar-refractivity contribution in [3.8, 4) is 5.69 Å². The molecule has 0 saturated carbocycles. The van der Waals surface area contributed by atoms with Crippen LogP contribution in [-0.2, 0) is 4.74 Å². The van der Waals surface area contributed by atoms with Crippen LogP contribution >= 0.6 is 0 Å². The molecule has 1 N–H and O–H groups in total. The van der Waals surface area contributed by atoms with Gasteiger partial charge in [-0.3, -0.25) is 14.9 Å². The summed E-state index contributed by atoms with van der Waals surface area (Å²) in [5.74, 6) is -0.442. The smallest absolute Gasteiger partial charge is 0.270 e. The molecule has 1 fully saturated rings. The van der Waals surface area contributed by atoms with Gasteiger partial charge in [-0.2, -0.15) is 5.10 Å². The Hall–Kier alpha value is -3.79. The zero-order valence-corrected chi connectivity index (χ0v) is 15.4. The maximum absolute atomic E-state index is 13.1. The molecule has 0 unspecified atom stereocenters. The van der Waals surface area contributed by atoms with E-state index < -0.39 is 10.8 Å². The highest BCUT2D eigenvalue weighted by Crippen LogP contribution is 2.28. The number of benzene rings is 2. The molecule has 1 aliphatic heterocycles. The van der Waals surface area contributed by atoms with E-state index in [2.05, 4.69) is 15.4 Å². The first-order valence-electron chi connectivity index (χ1n) is 9.00. The van der Waals surface area contributed by atoms with Crippen LogP contribution in [0.5, 0.6) is 0 Å². The molecule has 0 radical (unpaired) electrons. The van der Waals surface area contributed by atoms with Crippen LogP contribution in [0.2, 0.25) is 0 Å². The van der Waals surface area contributed by atoms with Crippen LogP contribution in [-0.4, -0.2) is 51.9 Å². The van der Waals surface area contributed by atoms with Gasteiger partial charge < -0.3 is 15.0 Å². The van der Waals surface area contributed by atoms with E-state index in [1.54, 1.807) is 24.3 Å². The summed E-state index contributed by atoms with van der Waals surface area (Å²) < 4.78 is 6.90. The highest BCUT2D eigenvalue weighted by Gasteiger charge is 2.23. The lowest BCUT2D eigenvalue weighted by molar-refractivity contribution is -0.384. The fourth-order valence-corrected chi connectivity index (χ4v) is 3.20. The normalized spacial score (nSPS) is 13.9. The maximum Gasteiger partial charge on any atom is 0.270 e. The Bertz CT molecular complexity index is 1030. The van der Waals surface area contributed by atoms with Crippen molar-refractivity contribution in [1.29, 1.82) is 0 Å². The summed E-state index contributed by atoms with van der Waals surface area (Å²) >= 11 is 0. The van der Waals surface area contributed by atoms with E-state index in [4.69, 9.17) is 4.74 Å². The number of carbonyl (C=O) groups is 1. The number of non-ortho nitro benzene ring substituents is 1. The number of morpholine rings is 1. The minimum atomic E-state index is -0.511. The second-order valence-electron chi connectivity index (χ2n) is 6.37. The summed E-state index contributed by atoms with van der Waals surface area (Å²) in [5, 5.41) is 18.2. The number of nitro groups is 1. The quantitative estimate of drug-likeness (QED) is 0.521. The molecule has 29 heavy (non-hydrogen) atoms. The summed E-state index contributed by atoms with van der Waals surface area (Å²) in [7, 11) is 0. The lowest BCUT2D eigenvalue weighted by Gasteiger charge is -2.30. The fourth-order valence-electron chi connectivity index (χ4n) is 3.20. The minimum Gasteiger partial charge on any atom is -0.378 e. The van der Waals surface area contributed by atoms with Crippen LogP contribution in [0.15, 0.2) is 55.1 Å². The zero-order valence-electron chi connectivity index (χ0n) is 15.4. The van der Waals surface area contributed by atoms with Gasteiger partial charge in [-0.15, -0.1) is 0 Å². The van der Waals surface area contributed by atoms with E-state index in [1.165, 1.54) is 29.5 Å². The van der Waals surface area contributed by atoms with Crippen LogP contribution in [0.25, 0.3) is 5.69 Å². The monoisotopic (exact) mass is 394 g/mol. The van der Waals surface area contributed by atoms with Crippen LogP contribution < -0.4 is 10.2 Å². The second-order valence-corrected chi connectivity index (χ2v) is 6.37. The van der Waals surface area contributed by atoms with E-state index in [1.807, 2.05) is 11.0 Å². The zero-order chi connectivity index (χ0) is 20.2. The summed E-state index contributed by atoms with van der Waals surface area (Å²) in [4.78, 5) is 29.8. The average molecular weight is 394 g/mol. The predicted molar refractivity (Wildman–Crippen MR) is 105 cm³/mol. The van der Waals surface area contributed by atoms with Gasteiger partial charge in [0.1, 0.15) is 12.7 Å². The first-order valence-corrected chi connectivity index (χ1v) is 9.00. The Morgan fingerprint density at radius 2 is 1.93 bits per heavy atom. The second kappa shape index (κ2) is 8.07. The van der Waals surface area contributed by atoms with Crippen LogP contribution in [0.3, 0.4) is 0 Å². The van der Waals surface area contributed by atoms with Gasteiger partial charge in [0.05, 0.1) is 40.8 Å². The largest absolute Gasteiger partial charge is 0.378 e. The molecule has 3 aromatic rings. The van der Waals surface area contributed by atoms with Crippen molar-refractivity contribution in [3.05, 3.63) is 70.8 Å². The van der Waals surface area contributed by atoms with Crippen LogP contribution in [0, 0.1) is 10.1 Å². The number of hydrogen-bond donors (Lipinski definition) is 1. The third-order valence-electron chi connectivity index (χ3n) is 4.61. The number of ether oxygens (including phenoxy) is 1. The fraction of sp³-hybridized carbons (Fsp3) is 0.211. The highest BCUT2D eigenvalue weighted by atomic mass is 16.6. The van der Waals surface area contributed by atoms with Crippen molar-refractivity contribution in [3.63, 3.8) is 0 Å². The van der Waals surface area contributed by atoms with Gasteiger partial charge >= 0.3 is 0 Å². The molecule has 1 aliphatic rings. The molecule has 4 rings (SSSR count). The van der Waals surface area contributed by atoms with Crippen molar-refractivity contribution in [1.82, 2.24) is 14.8 Å². The SMILES string of the molecule is O=C(Nc1ccccc1-n1cncn1)c1cc([N+](=O)[O-])ccc1N1CCOCC1. The van der Waals surface area contributed by atoms with Crippen molar-refractivity contribution in [2.24, 2.45) is 0 Å². The average Bonchev–Trinajstić information content (AvgIpc) is 3.29. The Balaban J connectivity index is 1.69. The molecule has 10 nitrogen and oxygen atoms in total. The van der Waals surface area contributed by atoms with Crippen molar-refractivity contribution >= 4 is 23.0 Å². The summed E-state index contributed by atoms with van der Waals surface area (Å²) in [5.41, 5.74) is 1.87.